The van der Waals surface area contributed by atoms with Gasteiger partial charge in [0.2, 0.25) is 6.29 Å². The first-order valence-corrected chi connectivity index (χ1v) is 6.75. The summed E-state index contributed by atoms with van der Waals surface area (Å²) in [7, 11) is 0. The third kappa shape index (κ3) is 1.18. The molecule has 0 amide bonds. The van der Waals surface area contributed by atoms with Crippen LogP contribution < -0.4 is 0 Å². The Labute approximate surface area is 115 Å². The van der Waals surface area contributed by atoms with Crippen LogP contribution in [0.25, 0.3) is 0 Å². The zero-order valence-corrected chi connectivity index (χ0v) is 10.8. The second-order valence-electron chi connectivity index (χ2n) is 5.64. The van der Waals surface area contributed by atoms with E-state index in [-0.39, 0.29) is 29.3 Å². The molecule has 0 unspecified atom stereocenters. The van der Waals surface area contributed by atoms with Crippen LogP contribution in [0.1, 0.15) is 13.3 Å². The lowest BCUT2D eigenvalue weighted by molar-refractivity contribution is -0.162. The van der Waals surface area contributed by atoms with Crippen LogP contribution in [0.15, 0.2) is 24.0 Å². The van der Waals surface area contributed by atoms with E-state index < -0.39 is 24.0 Å². The summed E-state index contributed by atoms with van der Waals surface area (Å²) in [6.45, 7) is 1.91. The van der Waals surface area contributed by atoms with Gasteiger partial charge in [-0.3, -0.25) is 4.79 Å². The topological polar surface area (TPSA) is 82.1 Å². The Morgan fingerprint density at radius 2 is 2.30 bits per heavy atom. The molecule has 2 fully saturated rings. The molecule has 106 valence electrons. The van der Waals surface area contributed by atoms with Crippen molar-refractivity contribution in [2.24, 2.45) is 17.8 Å². The van der Waals surface area contributed by atoms with Crippen LogP contribution in [-0.2, 0) is 23.8 Å². The van der Waals surface area contributed by atoms with E-state index in [1.807, 2.05) is 6.92 Å². The van der Waals surface area contributed by atoms with Crippen molar-refractivity contribution in [3.63, 3.8) is 0 Å². The Balaban J connectivity index is 1.78. The molecule has 3 heterocycles. The molecule has 3 aliphatic heterocycles. The first-order chi connectivity index (χ1) is 9.58. The molecular weight excluding hydrogens is 264 g/mol. The van der Waals surface area contributed by atoms with Crippen molar-refractivity contribution in [3.8, 4) is 0 Å². The largest absolute Gasteiger partial charge is 0.478 e. The highest BCUT2D eigenvalue weighted by molar-refractivity contribution is 5.88. The average molecular weight is 278 g/mol. The lowest BCUT2D eigenvalue weighted by atomic mass is 9.77. The van der Waals surface area contributed by atoms with E-state index >= 15 is 0 Å². The molecule has 6 atom stereocenters. The Hall–Kier alpha value is -1.82. The standard InChI is InChI=1S/C14H14O6/c1-2-6-10-14(20-12(6)17)4-3-7-8(11(15)16)5-18-13(19-10)9(7)14/h3-7,9-10,13H,2H2,1H3,(H,15,16)/t6-,7+,9+,10-,13+,14-/m0/s1. The number of ether oxygens (including phenoxy) is 3. The Morgan fingerprint density at radius 3 is 3.00 bits per heavy atom. The molecular formula is C14H14O6. The highest BCUT2D eigenvalue weighted by atomic mass is 16.7. The summed E-state index contributed by atoms with van der Waals surface area (Å²) in [5.41, 5.74) is -0.679. The number of carbonyl (C=O) groups is 2. The van der Waals surface area contributed by atoms with Gasteiger partial charge in [-0.25, -0.2) is 4.79 Å². The lowest BCUT2D eigenvalue weighted by Gasteiger charge is -2.32. The van der Waals surface area contributed by atoms with E-state index in [2.05, 4.69) is 0 Å². The fourth-order valence-electron chi connectivity index (χ4n) is 3.92. The van der Waals surface area contributed by atoms with E-state index in [0.717, 1.165) is 0 Å². The molecule has 1 aliphatic carbocycles. The first-order valence-electron chi connectivity index (χ1n) is 6.75. The predicted octanol–water partition coefficient (Wildman–Crippen LogP) is 0.834. The Bertz CT molecular complexity index is 564. The van der Waals surface area contributed by atoms with E-state index in [1.54, 1.807) is 12.2 Å². The van der Waals surface area contributed by atoms with Gasteiger partial charge in [0.1, 0.15) is 6.10 Å². The van der Waals surface area contributed by atoms with Crippen molar-refractivity contribution in [2.45, 2.75) is 31.3 Å². The molecule has 1 spiro atoms. The quantitative estimate of drug-likeness (QED) is 0.595. The van der Waals surface area contributed by atoms with Gasteiger partial charge in [-0.05, 0) is 12.5 Å². The number of carboxylic acid groups (broad SMARTS) is 1. The fourth-order valence-corrected chi connectivity index (χ4v) is 3.92. The van der Waals surface area contributed by atoms with E-state index in [0.29, 0.717) is 6.42 Å². The highest BCUT2D eigenvalue weighted by Gasteiger charge is 2.71. The monoisotopic (exact) mass is 278 g/mol. The number of allylic oxidation sites excluding steroid dienone is 1. The van der Waals surface area contributed by atoms with Crippen LogP contribution in [0.2, 0.25) is 0 Å². The van der Waals surface area contributed by atoms with Crippen molar-refractivity contribution < 1.29 is 28.9 Å². The van der Waals surface area contributed by atoms with Gasteiger partial charge < -0.3 is 19.3 Å². The SMILES string of the molecule is CC[C@@H]1C(=O)O[C@]23C=C[C@@H]4C(C(=O)O)=CO[C@H](O[C@@H]12)[C@@H]43. The Kier molecular flexibility index (Phi) is 2.17. The number of hydrogen-bond acceptors (Lipinski definition) is 5. The average Bonchev–Trinajstić information content (AvgIpc) is 3.00. The lowest BCUT2D eigenvalue weighted by Crippen LogP contribution is -2.43. The smallest absolute Gasteiger partial charge is 0.335 e. The molecule has 0 radical (unpaired) electrons. The predicted molar refractivity (Wildman–Crippen MR) is 64.2 cm³/mol. The minimum atomic E-state index is -1.02. The minimum Gasteiger partial charge on any atom is -0.478 e. The van der Waals surface area contributed by atoms with Gasteiger partial charge in [-0.1, -0.05) is 13.0 Å². The molecule has 0 saturated carbocycles. The van der Waals surface area contributed by atoms with Crippen molar-refractivity contribution >= 4 is 11.9 Å². The molecule has 0 aromatic carbocycles. The molecule has 2 saturated heterocycles. The van der Waals surface area contributed by atoms with Crippen molar-refractivity contribution in [3.05, 3.63) is 24.0 Å². The molecule has 0 bridgehead atoms. The summed E-state index contributed by atoms with van der Waals surface area (Å²) in [5, 5.41) is 9.24. The highest BCUT2D eigenvalue weighted by Crippen LogP contribution is 2.58. The van der Waals surface area contributed by atoms with Crippen LogP contribution in [0.3, 0.4) is 0 Å². The zero-order valence-electron chi connectivity index (χ0n) is 10.8. The maximum Gasteiger partial charge on any atom is 0.335 e. The molecule has 4 rings (SSSR count). The molecule has 0 aromatic rings. The van der Waals surface area contributed by atoms with Gasteiger partial charge in [0.05, 0.1) is 23.7 Å². The van der Waals surface area contributed by atoms with Crippen molar-refractivity contribution in [1.82, 2.24) is 0 Å². The summed E-state index contributed by atoms with van der Waals surface area (Å²) >= 11 is 0. The maximum atomic E-state index is 12.0. The van der Waals surface area contributed by atoms with Gasteiger partial charge >= 0.3 is 11.9 Å². The molecule has 4 aliphatic rings. The number of hydrogen-bond donors (Lipinski definition) is 1. The normalized spacial score (nSPS) is 47.4. The number of carboxylic acids is 1. The van der Waals surface area contributed by atoms with Gasteiger partial charge in [-0.15, -0.1) is 0 Å². The van der Waals surface area contributed by atoms with Gasteiger partial charge in [0.15, 0.2) is 5.60 Å². The first kappa shape index (κ1) is 12.0. The van der Waals surface area contributed by atoms with Crippen LogP contribution in [0.5, 0.6) is 0 Å². The number of aliphatic carboxylic acids is 1. The third-order valence-electron chi connectivity index (χ3n) is 4.81. The zero-order chi connectivity index (χ0) is 14.1. The van der Waals surface area contributed by atoms with Crippen LogP contribution in [0, 0.1) is 17.8 Å². The third-order valence-corrected chi connectivity index (χ3v) is 4.81. The second kappa shape index (κ2) is 3.63. The molecule has 6 nitrogen and oxygen atoms in total. The Morgan fingerprint density at radius 1 is 1.50 bits per heavy atom. The molecule has 1 N–H and O–H groups in total. The fraction of sp³-hybridized carbons (Fsp3) is 0.571. The summed E-state index contributed by atoms with van der Waals surface area (Å²) in [4.78, 5) is 23.3. The molecule has 0 aromatic heterocycles. The maximum absolute atomic E-state index is 12.0. The number of carbonyl (C=O) groups excluding carboxylic acids is 1. The van der Waals surface area contributed by atoms with Crippen molar-refractivity contribution in [1.29, 1.82) is 0 Å². The second-order valence-corrected chi connectivity index (χ2v) is 5.64. The van der Waals surface area contributed by atoms with Crippen LogP contribution in [0.4, 0.5) is 0 Å². The van der Waals surface area contributed by atoms with Crippen LogP contribution in [-0.4, -0.2) is 35.0 Å². The van der Waals surface area contributed by atoms with Gasteiger partial charge in [0.25, 0.3) is 0 Å². The number of rotatable bonds is 2. The van der Waals surface area contributed by atoms with E-state index in [1.165, 1.54) is 6.26 Å². The summed E-state index contributed by atoms with van der Waals surface area (Å²) in [5.74, 6) is -2.24. The van der Waals surface area contributed by atoms with E-state index in [9.17, 15) is 14.7 Å². The van der Waals surface area contributed by atoms with Crippen molar-refractivity contribution in [2.75, 3.05) is 0 Å². The summed E-state index contributed by atoms with van der Waals surface area (Å²) in [6.07, 6.45) is 4.54. The number of esters is 1. The minimum absolute atomic E-state index is 0.180. The van der Waals surface area contributed by atoms with Crippen LogP contribution >= 0.6 is 0 Å². The van der Waals surface area contributed by atoms with E-state index in [4.69, 9.17) is 14.2 Å². The summed E-state index contributed by atoms with van der Waals surface area (Å²) < 4.78 is 16.9. The summed E-state index contributed by atoms with van der Waals surface area (Å²) in [6, 6.07) is 0. The van der Waals surface area contributed by atoms with Gasteiger partial charge in [-0.2, -0.15) is 0 Å². The molecule has 20 heavy (non-hydrogen) atoms. The van der Waals surface area contributed by atoms with Gasteiger partial charge in [0, 0.05) is 5.92 Å². The molecule has 6 heteroatoms.